The summed E-state index contributed by atoms with van der Waals surface area (Å²) in [5.41, 5.74) is 5.66. The van der Waals surface area contributed by atoms with E-state index in [1.54, 1.807) is 24.3 Å². The number of hydrogen-bond acceptors (Lipinski definition) is 4. The number of carbonyl (C=O) groups is 2. The fraction of sp³-hybridized carbons (Fsp3) is 0.333. The van der Waals surface area contributed by atoms with Crippen molar-refractivity contribution in [1.29, 1.82) is 0 Å². The minimum absolute atomic E-state index is 0.129. The first kappa shape index (κ1) is 17.6. The number of rotatable bonds is 7. The number of primary amides is 1. The van der Waals surface area contributed by atoms with E-state index in [-0.39, 0.29) is 6.54 Å². The fourth-order valence-electron chi connectivity index (χ4n) is 1.55. The Hall–Kier alpha value is -1.45. The minimum Gasteiger partial charge on any atom is -0.480 e. The van der Waals surface area contributed by atoms with E-state index in [4.69, 9.17) is 10.8 Å². The van der Waals surface area contributed by atoms with Crippen LogP contribution in [0, 0.1) is 0 Å². The Balaban J connectivity index is 3.08. The maximum Gasteiger partial charge on any atom is 0.323 e. The molecule has 7 nitrogen and oxygen atoms in total. The van der Waals surface area contributed by atoms with Crippen LogP contribution in [0.5, 0.6) is 0 Å². The molecule has 0 spiro atoms. The number of nitrogens with two attached hydrogens (primary N) is 1. The fourth-order valence-corrected chi connectivity index (χ4v) is 3.16. The van der Waals surface area contributed by atoms with Gasteiger partial charge in [-0.2, -0.15) is 4.31 Å². The van der Waals surface area contributed by atoms with Crippen LogP contribution in [0.3, 0.4) is 0 Å². The highest BCUT2D eigenvalue weighted by Gasteiger charge is 2.34. The third-order valence-electron chi connectivity index (χ3n) is 2.76. The van der Waals surface area contributed by atoms with Gasteiger partial charge in [-0.1, -0.05) is 28.1 Å². The average molecular weight is 379 g/mol. The molecule has 1 aromatic carbocycles. The van der Waals surface area contributed by atoms with Gasteiger partial charge in [-0.3, -0.25) is 9.59 Å². The molecule has 0 aromatic heterocycles. The molecule has 0 heterocycles. The summed E-state index contributed by atoms with van der Waals surface area (Å²) >= 11 is 3.25. The average Bonchev–Trinajstić information content (AvgIpc) is 2.38. The van der Waals surface area contributed by atoms with Crippen molar-refractivity contribution < 1.29 is 23.1 Å². The zero-order valence-electron chi connectivity index (χ0n) is 11.2. The van der Waals surface area contributed by atoms with E-state index in [1.165, 1.54) is 0 Å². The van der Waals surface area contributed by atoms with Crippen molar-refractivity contribution in [3.05, 3.63) is 34.3 Å². The van der Waals surface area contributed by atoms with Crippen molar-refractivity contribution in [1.82, 2.24) is 4.31 Å². The highest BCUT2D eigenvalue weighted by Crippen LogP contribution is 2.16. The Bertz CT molecular complexity index is 630. The molecule has 1 rings (SSSR count). The highest BCUT2D eigenvalue weighted by molar-refractivity contribution is 9.10. The molecular formula is C12H15BrN2O5S. The Kier molecular flexibility index (Phi) is 5.87. The predicted octanol–water partition coefficient (Wildman–Crippen LogP) is 0.539. The molecule has 1 aromatic rings. The van der Waals surface area contributed by atoms with E-state index in [9.17, 15) is 18.0 Å². The minimum atomic E-state index is -4.18. The molecular weight excluding hydrogens is 364 g/mol. The van der Waals surface area contributed by atoms with Crippen LogP contribution in [0.1, 0.15) is 12.5 Å². The first-order chi connectivity index (χ1) is 9.64. The zero-order valence-corrected chi connectivity index (χ0v) is 13.6. The van der Waals surface area contributed by atoms with Crippen LogP contribution in [0.25, 0.3) is 0 Å². The van der Waals surface area contributed by atoms with Gasteiger partial charge in [0.2, 0.25) is 15.9 Å². The molecule has 0 bridgehead atoms. The van der Waals surface area contributed by atoms with Gasteiger partial charge in [-0.25, -0.2) is 8.42 Å². The number of benzene rings is 1. The lowest BCUT2D eigenvalue weighted by molar-refractivity contribution is -0.136. The molecule has 3 N–H and O–H groups in total. The third-order valence-corrected chi connectivity index (χ3v) is 5.36. The van der Waals surface area contributed by atoms with E-state index in [0.717, 1.165) is 15.7 Å². The molecule has 0 radical (unpaired) electrons. The van der Waals surface area contributed by atoms with Crippen molar-refractivity contribution in [3.8, 4) is 0 Å². The van der Waals surface area contributed by atoms with Crippen LogP contribution in [-0.4, -0.2) is 41.5 Å². The highest BCUT2D eigenvalue weighted by atomic mass is 79.9. The van der Waals surface area contributed by atoms with Gasteiger partial charge >= 0.3 is 5.97 Å². The normalized spacial score (nSPS) is 13.1. The first-order valence-corrected chi connectivity index (χ1v) is 8.18. The second-order valence-corrected chi connectivity index (χ2v) is 7.56. The maximum absolute atomic E-state index is 12.2. The molecule has 0 aliphatic rings. The van der Waals surface area contributed by atoms with Gasteiger partial charge in [-0.05, 0) is 24.6 Å². The summed E-state index contributed by atoms with van der Waals surface area (Å²) in [6, 6.07) is 6.76. The summed E-state index contributed by atoms with van der Waals surface area (Å²) in [7, 11) is -4.18. The number of nitrogens with zero attached hydrogens (tertiary/aromatic N) is 1. The van der Waals surface area contributed by atoms with Gasteiger partial charge < -0.3 is 10.8 Å². The molecule has 0 aliphatic carbocycles. The van der Waals surface area contributed by atoms with Gasteiger partial charge in [0.1, 0.15) is 0 Å². The summed E-state index contributed by atoms with van der Waals surface area (Å²) in [6.07, 6.45) is 0. The van der Waals surface area contributed by atoms with E-state index in [0.29, 0.717) is 5.56 Å². The van der Waals surface area contributed by atoms with Crippen LogP contribution in [-0.2, 0) is 26.2 Å². The molecule has 0 aliphatic heterocycles. The Morgan fingerprint density at radius 3 is 2.29 bits per heavy atom. The number of halogens is 1. The Labute approximate surface area is 130 Å². The monoisotopic (exact) mass is 378 g/mol. The number of carbonyl (C=O) groups excluding carboxylic acids is 1. The predicted molar refractivity (Wildman–Crippen MR) is 79.8 cm³/mol. The van der Waals surface area contributed by atoms with Crippen LogP contribution in [0.15, 0.2) is 28.7 Å². The quantitative estimate of drug-likeness (QED) is 0.717. The van der Waals surface area contributed by atoms with Gasteiger partial charge in [-0.15, -0.1) is 0 Å². The molecule has 1 unspecified atom stereocenters. The van der Waals surface area contributed by atoms with Crippen molar-refractivity contribution in [2.45, 2.75) is 18.7 Å². The Morgan fingerprint density at radius 2 is 1.86 bits per heavy atom. The molecule has 1 amide bonds. The van der Waals surface area contributed by atoms with E-state index in [1.807, 2.05) is 0 Å². The molecule has 21 heavy (non-hydrogen) atoms. The first-order valence-electron chi connectivity index (χ1n) is 5.89. The molecule has 0 saturated heterocycles. The van der Waals surface area contributed by atoms with Gasteiger partial charge in [0, 0.05) is 11.0 Å². The lowest BCUT2D eigenvalue weighted by atomic mass is 10.2. The molecule has 1 atom stereocenters. The topological polar surface area (TPSA) is 118 Å². The summed E-state index contributed by atoms with van der Waals surface area (Å²) < 4.78 is 26.0. The summed E-state index contributed by atoms with van der Waals surface area (Å²) in [5, 5.41) is 7.21. The second-order valence-electron chi connectivity index (χ2n) is 4.39. The number of carboxylic acid groups (broad SMARTS) is 1. The summed E-state index contributed by atoms with van der Waals surface area (Å²) in [5.74, 6) is -2.34. The lowest BCUT2D eigenvalue weighted by Gasteiger charge is -2.23. The SMILES string of the molecule is CC(C(=O)O)S(=O)(=O)N(CC(N)=O)Cc1ccc(Br)cc1. The number of hydrogen-bond donors (Lipinski definition) is 2. The Morgan fingerprint density at radius 1 is 1.33 bits per heavy atom. The van der Waals surface area contributed by atoms with Gasteiger partial charge in [0.25, 0.3) is 0 Å². The van der Waals surface area contributed by atoms with Crippen LogP contribution >= 0.6 is 15.9 Å². The van der Waals surface area contributed by atoms with Crippen LogP contribution < -0.4 is 5.73 Å². The number of amides is 1. The number of carboxylic acids is 1. The van der Waals surface area contributed by atoms with E-state index in [2.05, 4.69) is 15.9 Å². The largest absolute Gasteiger partial charge is 0.480 e. The van der Waals surface area contributed by atoms with E-state index >= 15 is 0 Å². The molecule has 9 heteroatoms. The second kappa shape index (κ2) is 7.01. The van der Waals surface area contributed by atoms with Crippen molar-refractivity contribution in [3.63, 3.8) is 0 Å². The molecule has 116 valence electrons. The smallest absolute Gasteiger partial charge is 0.323 e. The molecule has 0 fully saturated rings. The summed E-state index contributed by atoms with van der Waals surface area (Å²) in [4.78, 5) is 22.0. The van der Waals surface area contributed by atoms with Gasteiger partial charge in [0.05, 0.1) is 6.54 Å². The van der Waals surface area contributed by atoms with Crippen LogP contribution in [0.2, 0.25) is 0 Å². The lowest BCUT2D eigenvalue weighted by Crippen LogP contribution is -2.44. The summed E-state index contributed by atoms with van der Waals surface area (Å²) in [6.45, 7) is 0.347. The van der Waals surface area contributed by atoms with Crippen molar-refractivity contribution >= 4 is 37.8 Å². The van der Waals surface area contributed by atoms with Crippen LogP contribution in [0.4, 0.5) is 0 Å². The molecule has 0 saturated carbocycles. The number of aliphatic carboxylic acids is 1. The number of sulfonamides is 1. The van der Waals surface area contributed by atoms with Crippen molar-refractivity contribution in [2.24, 2.45) is 5.73 Å². The zero-order chi connectivity index (χ0) is 16.2. The standard InChI is InChI=1S/C12H15BrN2O5S/c1-8(12(17)18)21(19,20)15(7-11(14)16)6-9-2-4-10(13)5-3-9/h2-5,8H,6-7H2,1H3,(H2,14,16)(H,17,18). The van der Waals surface area contributed by atoms with E-state index < -0.39 is 33.7 Å². The third kappa shape index (κ3) is 4.80. The maximum atomic E-state index is 12.2. The van der Waals surface area contributed by atoms with Gasteiger partial charge in [0.15, 0.2) is 5.25 Å². The van der Waals surface area contributed by atoms with Crippen molar-refractivity contribution in [2.75, 3.05) is 6.54 Å².